The minimum Gasteiger partial charge on any atom is -0.496 e. The molecule has 2 rings (SSSR count). The number of hydrogen-bond donors (Lipinski definition) is 2. The first kappa shape index (κ1) is 12.9. The Bertz CT molecular complexity index is 514. The summed E-state index contributed by atoms with van der Waals surface area (Å²) < 4.78 is 9.37. The van der Waals surface area contributed by atoms with Crippen molar-refractivity contribution in [1.29, 1.82) is 0 Å². The predicted molar refractivity (Wildman–Crippen MR) is 71.4 cm³/mol. The first-order valence-corrected chi connectivity index (χ1v) is 6.49. The smallest absolute Gasteiger partial charge is 0.124 e. The van der Waals surface area contributed by atoms with Gasteiger partial charge in [0.2, 0.25) is 0 Å². The van der Waals surface area contributed by atoms with Gasteiger partial charge in [0.05, 0.1) is 23.7 Å². The van der Waals surface area contributed by atoms with Gasteiger partial charge in [-0.3, -0.25) is 5.84 Å². The average Bonchev–Trinajstić information content (AvgIpc) is 2.88. The Kier molecular flexibility index (Phi) is 4.24. The molecule has 0 bridgehead atoms. The van der Waals surface area contributed by atoms with Gasteiger partial charge < -0.3 is 4.74 Å². The highest BCUT2D eigenvalue weighted by molar-refractivity contribution is 7.05. The van der Waals surface area contributed by atoms with Crippen LogP contribution in [0.4, 0.5) is 0 Å². The van der Waals surface area contributed by atoms with Crippen molar-refractivity contribution in [3.63, 3.8) is 0 Å². The summed E-state index contributed by atoms with van der Waals surface area (Å²) in [6, 6.07) is 7.66. The van der Waals surface area contributed by atoms with Gasteiger partial charge in [-0.15, -0.1) is 5.10 Å². The zero-order valence-electron chi connectivity index (χ0n) is 10.4. The molecule has 2 aromatic rings. The number of nitrogens with zero attached hydrogens (tertiary/aromatic N) is 2. The predicted octanol–water partition coefficient (Wildman–Crippen LogP) is 1.66. The molecular formula is C12H16N4OS. The molecule has 1 aromatic heterocycles. The van der Waals surface area contributed by atoms with Crippen molar-refractivity contribution in [3.05, 3.63) is 40.4 Å². The maximum atomic E-state index is 5.69. The molecule has 1 aromatic carbocycles. The highest BCUT2D eigenvalue weighted by atomic mass is 32.1. The van der Waals surface area contributed by atoms with E-state index in [0.717, 1.165) is 28.3 Å². The quantitative estimate of drug-likeness (QED) is 0.634. The molecule has 96 valence electrons. The van der Waals surface area contributed by atoms with Gasteiger partial charge in [-0.2, -0.15) is 0 Å². The lowest BCUT2D eigenvalue weighted by Crippen LogP contribution is -2.29. The molecule has 3 N–H and O–H groups in total. The number of nitrogens with two attached hydrogens (primary N) is 1. The molecule has 0 aliphatic carbocycles. The Morgan fingerprint density at radius 2 is 2.22 bits per heavy atom. The standard InChI is InChI=1S/C12H16N4OS/c1-3-9-12(18-16-15-9)11(14-13)8-6-4-5-7-10(8)17-2/h4-7,11,14H,3,13H2,1-2H3. The molecule has 18 heavy (non-hydrogen) atoms. The number of methoxy groups -OCH3 is 1. The van der Waals surface area contributed by atoms with E-state index >= 15 is 0 Å². The Labute approximate surface area is 110 Å². The van der Waals surface area contributed by atoms with E-state index in [4.69, 9.17) is 10.6 Å². The number of hydrazine groups is 1. The zero-order chi connectivity index (χ0) is 13.0. The second kappa shape index (κ2) is 5.90. The van der Waals surface area contributed by atoms with Crippen LogP contribution in [0.3, 0.4) is 0 Å². The van der Waals surface area contributed by atoms with Crippen molar-refractivity contribution in [1.82, 2.24) is 15.0 Å². The van der Waals surface area contributed by atoms with Gasteiger partial charge in [-0.25, -0.2) is 5.43 Å². The molecule has 1 atom stereocenters. The largest absolute Gasteiger partial charge is 0.496 e. The zero-order valence-corrected chi connectivity index (χ0v) is 11.2. The molecule has 0 saturated carbocycles. The van der Waals surface area contributed by atoms with Gasteiger partial charge in [0.1, 0.15) is 5.75 Å². The van der Waals surface area contributed by atoms with Gasteiger partial charge in [0.25, 0.3) is 0 Å². The molecule has 0 amide bonds. The number of benzene rings is 1. The number of ether oxygens (including phenoxy) is 1. The average molecular weight is 264 g/mol. The fraction of sp³-hybridized carbons (Fsp3) is 0.333. The van der Waals surface area contributed by atoms with E-state index in [0.29, 0.717) is 0 Å². The Hall–Kier alpha value is -1.50. The molecule has 0 spiro atoms. The summed E-state index contributed by atoms with van der Waals surface area (Å²) in [7, 11) is 1.65. The third kappa shape index (κ3) is 2.35. The fourth-order valence-electron chi connectivity index (χ4n) is 1.89. The summed E-state index contributed by atoms with van der Waals surface area (Å²) in [6.45, 7) is 2.05. The van der Waals surface area contributed by atoms with Gasteiger partial charge in [-0.1, -0.05) is 29.6 Å². The van der Waals surface area contributed by atoms with Crippen LogP contribution >= 0.6 is 11.5 Å². The van der Waals surface area contributed by atoms with Crippen LogP contribution in [0.15, 0.2) is 24.3 Å². The van der Waals surface area contributed by atoms with Gasteiger partial charge in [0, 0.05) is 5.56 Å². The summed E-state index contributed by atoms with van der Waals surface area (Å²) in [5.74, 6) is 6.49. The first-order valence-electron chi connectivity index (χ1n) is 5.72. The second-order valence-electron chi connectivity index (χ2n) is 3.78. The lowest BCUT2D eigenvalue weighted by atomic mass is 10.0. The summed E-state index contributed by atoms with van der Waals surface area (Å²) >= 11 is 1.36. The summed E-state index contributed by atoms with van der Waals surface area (Å²) in [6.07, 6.45) is 0.833. The topological polar surface area (TPSA) is 73.1 Å². The van der Waals surface area contributed by atoms with Crippen molar-refractivity contribution in [2.45, 2.75) is 19.4 Å². The maximum absolute atomic E-state index is 5.69. The minimum atomic E-state index is -0.143. The normalized spacial score (nSPS) is 12.4. The lowest BCUT2D eigenvalue weighted by Gasteiger charge is -2.18. The Morgan fingerprint density at radius 3 is 2.89 bits per heavy atom. The third-order valence-corrected chi connectivity index (χ3v) is 3.63. The van der Waals surface area contributed by atoms with Gasteiger partial charge in [0.15, 0.2) is 0 Å². The molecule has 0 saturated heterocycles. The van der Waals surface area contributed by atoms with Crippen LogP contribution in [0.1, 0.15) is 29.1 Å². The van der Waals surface area contributed by atoms with E-state index < -0.39 is 0 Å². The molecule has 5 nitrogen and oxygen atoms in total. The molecule has 6 heteroatoms. The van der Waals surface area contributed by atoms with Crippen molar-refractivity contribution in [2.24, 2.45) is 5.84 Å². The monoisotopic (exact) mass is 264 g/mol. The van der Waals surface area contributed by atoms with Crippen LogP contribution in [0, 0.1) is 0 Å². The van der Waals surface area contributed by atoms with Crippen molar-refractivity contribution < 1.29 is 4.74 Å². The Morgan fingerprint density at radius 1 is 1.44 bits per heavy atom. The highest BCUT2D eigenvalue weighted by Crippen LogP contribution is 2.32. The van der Waals surface area contributed by atoms with Gasteiger partial charge in [-0.05, 0) is 24.0 Å². The summed E-state index contributed by atoms with van der Waals surface area (Å²) in [5.41, 5.74) is 4.78. The van der Waals surface area contributed by atoms with E-state index in [9.17, 15) is 0 Å². The van der Waals surface area contributed by atoms with Crippen LogP contribution < -0.4 is 16.0 Å². The number of aromatic nitrogens is 2. The van der Waals surface area contributed by atoms with E-state index in [1.54, 1.807) is 7.11 Å². The molecule has 0 aliphatic rings. The molecule has 1 heterocycles. The van der Waals surface area contributed by atoms with Crippen LogP contribution in [0.2, 0.25) is 0 Å². The van der Waals surface area contributed by atoms with Crippen LogP contribution in [-0.4, -0.2) is 16.7 Å². The Balaban J connectivity index is 2.45. The minimum absolute atomic E-state index is 0.143. The number of nitrogens with one attached hydrogen (secondary N) is 1. The fourth-order valence-corrected chi connectivity index (χ4v) is 2.71. The number of para-hydroxylation sites is 1. The van der Waals surface area contributed by atoms with Crippen LogP contribution in [-0.2, 0) is 6.42 Å². The summed E-state index contributed by atoms with van der Waals surface area (Å²) in [4.78, 5) is 1.03. The molecule has 0 fully saturated rings. The SMILES string of the molecule is CCc1nnsc1C(NN)c1ccccc1OC. The first-order chi connectivity index (χ1) is 8.81. The lowest BCUT2D eigenvalue weighted by molar-refractivity contribution is 0.404. The number of hydrogen-bond acceptors (Lipinski definition) is 6. The molecule has 0 aliphatic heterocycles. The van der Waals surface area contributed by atoms with Crippen molar-refractivity contribution >= 4 is 11.5 Å². The second-order valence-corrected chi connectivity index (χ2v) is 4.56. The third-order valence-electron chi connectivity index (χ3n) is 2.80. The van der Waals surface area contributed by atoms with Gasteiger partial charge >= 0.3 is 0 Å². The molecule has 0 radical (unpaired) electrons. The van der Waals surface area contributed by atoms with E-state index in [2.05, 4.69) is 21.9 Å². The highest BCUT2D eigenvalue weighted by Gasteiger charge is 2.21. The van der Waals surface area contributed by atoms with Crippen molar-refractivity contribution in [3.8, 4) is 5.75 Å². The molecular weight excluding hydrogens is 248 g/mol. The number of rotatable bonds is 5. The van der Waals surface area contributed by atoms with Crippen LogP contribution in [0.25, 0.3) is 0 Å². The van der Waals surface area contributed by atoms with E-state index in [-0.39, 0.29) is 6.04 Å². The molecule has 1 unspecified atom stereocenters. The number of aryl methyl sites for hydroxylation is 1. The van der Waals surface area contributed by atoms with Crippen molar-refractivity contribution in [2.75, 3.05) is 7.11 Å². The van der Waals surface area contributed by atoms with Crippen LogP contribution in [0.5, 0.6) is 5.75 Å². The summed E-state index contributed by atoms with van der Waals surface area (Å²) in [5, 5.41) is 4.12. The maximum Gasteiger partial charge on any atom is 0.124 e. The van der Waals surface area contributed by atoms with E-state index in [1.165, 1.54) is 11.5 Å². The van der Waals surface area contributed by atoms with E-state index in [1.807, 2.05) is 24.3 Å².